The minimum atomic E-state index is -0.669. The van der Waals surface area contributed by atoms with Crippen LogP contribution in [-0.4, -0.2) is 43.1 Å². The van der Waals surface area contributed by atoms with Gasteiger partial charge in [-0.05, 0) is 37.6 Å². The van der Waals surface area contributed by atoms with Gasteiger partial charge in [-0.2, -0.15) is 5.26 Å². The maximum absolute atomic E-state index is 13.8. The molecular formula is C21H22FN3O5. The fourth-order valence-electron chi connectivity index (χ4n) is 2.74. The van der Waals surface area contributed by atoms with E-state index >= 15 is 0 Å². The molecule has 0 fully saturated rings. The van der Waals surface area contributed by atoms with Crippen LogP contribution in [0, 0.1) is 17.1 Å². The lowest BCUT2D eigenvalue weighted by Crippen LogP contribution is -2.28. The van der Waals surface area contributed by atoms with Gasteiger partial charge in [-0.1, -0.05) is 0 Å². The standard InChI is InChI=1S/C21H22FN3O5/c1-3-24-19(26)13-30-18-6-5-16(22)10-17(18)20(27)15-9-14(11-23)21(28)25(12-15)7-4-8-29-2/h5-6,9-10,12H,3-4,7-8,13H2,1-2H3,(H,24,26). The number of nitrogens with one attached hydrogen (secondary N) is 1. The van der Waals surface area contributed by atoms with E-state index in [4.69, 9.17) is 9.47 Å². The molecule has 0 saturated heterocycles. The van der Waals surface area contributed by atoms with Crippen molar-refractivity contribution < 1.29 is 23.5 Å². The van der Waals surface area contributed by atoms with Crippen molar-refractivity contribution >= 4 is 11.7 Å². The first-order valence-electron chi connectivity index (χ1n) is 9.28. The first-order chi connectivity index (χ1) is 14.4. The van der Waals surface area contributed by atoms with Crippen LogP contribution < -0.4 is 15.6 Å². The molecule has 0 unspecified atom stereocenters. The van der Waals surface area contributed by atoms with E-state index in [1.54, 1.807) is 13.0 Å². The van der Waals surface area contributed by atoms with Crippen LogP contribution >= 0.6 is 0 Å². The number of ether oxygens (including phenoxy) is 2. The molecule has 0 radical (unpaired) electrons. The minimum absolute atomic E-state index is 0.0169. The van der Waals surface area contributed by atoms with Gasteiger partial charge in [0.15, 0.2) is 12.4 Å². The summed E-state index contributed by atoms with van der Waals surface area (Å²) in [5.41, 5.74) is -0.834. The number of hydrogen-bond donors (Lipinski definition) is 1. The van der Waals surface area contributed by atoms with E-state index in [0.717, 1.165) is 18.2 Å². The Balaban J connectivity index is 2.41. The molecule has 0 atom stereocenters. The number of likely N-dealkylation sites (N-methyl/N-ethyl adjacent to an activating group) is 1. The largest absolute Gasteiger partial charge is 0.483 e. The Bertz CT molecular complexity index is 1030. The number of benzene rings is 1. The molecule has 0 saturated carbocycles. The third kappa shape index (κ3) is 5.75. The number of nitriles is 1. The molecule has 1 N–H and O–H groups in total. The van der Waals surface area contributed by atoms with Crippen molar-refractivity contribution in [3.63, 3.8) is 0 Å². The monoisotopic (exact) mass is 415 g/mol. The van der Waals surface area contributed by atoms with E-state index in [-0.39, 0.29) is 35.6 Å². The lowest BCUT2D eigenvalue weighted by Gasteiger charge is -2.13. The number of hydrogen-bond acceptors (Lipinski definition) is 6. The second kappa shape index (κ2) is 10.9. The van der Waals surface area contributed by atoms with Crippen LogP contribution in [0.4, 0.5) is 4.39 Å². The second-order valence-corrected chi connectivity index (χ2v) is 6.31. The number of carbonyl (C=O) groups is 2. The molecule has 158 valence electrons. The fourth-order valence-corrected chi connectivity index (χ4v) is 2.74. The summed E-state index contributed by atoms with van der Waals surface area (Å²) < 4.78 is 25.4. The Hall–Kier alpha value is -3.51. The van der Waals surface area contributed by atoms with Crippen molar-refractivity contribution in [3.8, 4) is 11.8 Å². The zero-order valence-corrected chi connectivity index (χ0v) is 16.7. The summed E-state index contributed by atoms with van der Waals surface area (Å²) in [7, 11) is 1.52. The van der Waals surface area contributed by atoms with Crippen LogP contribution in [0.5, 0.6) is 5.75 Å². The van der Waals surface area contributed by atoms with E-state index in [2.05, 4.69) is 5.32 Å². The predicted molar refractivity (Wildman–Crippen MR) is 106 cm³/mol. The summed E-state index contributed by atoms with van der Waals surface area (Å²) in [4.78, 5) is 37.0. The van der Waals surface area contributed by atoms with Gasteiger partial charge in [0.2, 0.25) is 0 Å². The zero-order valence-electron chi connectivity index (χ0n) is 16.7. The minimum Gasteiger partial charge on any atom is -0.483 e. The van der Waals surface area contributed by atoms with Crippen molar-refractivity contribution in [1.82, 2.24) is 9.88 Å². The van der Waals surface area contributed by atoms with Crippen molar-refractivity contribution in [2.75, 3.05) is 26.9 Å². The van der Waals surface area contributed by atoms with Gasteiger partial charge in [-0.3, -0.25) is 14.4 Å². The van der Waals surface area contributed by atoms with Crippen LogP contribution in [0.2, 0.25) is 0 Å². The number of amides is 1. The van der Waals surface area contributed by atoms with Gasteiger partial charge in [-0.25, -0.2) is 4.39 Å². The van der Waals surface area contributed by atoms with Crippen LogP contribution in [0.3, 0.4) is 0 Å². The molecule has 9 heteroatoms. The normalized spacial score (nSPS) is 10.3. The summed E-state index contributed by atoms with van der Waals surface area (Å²) in [6, 6.07) is 6.29. The van der Waals surface area contributed by atoms with E-state index in [1.807, 2.05) is 0 Å². The number of pyridine rings is 1. The second-order valence-electron chi connectivity index (χ2n) is 6.31. The third-order valence-corrected chi connectivity index (χ3v) is 4.14. The Morgan fingerprint density at radius 1 is 1.30 bits per heavy atom. The first-order valence-corrected chi connectivity index (χ1v) is 9.28. The number of halogens is 1. The topological polar surface area (TPSA) is 110 Å². The number of carbonyl (C=O) groups excluding carboxylic acids is 2. The maximum atomic E-state index is 13.8. The molecule has 8 nitrogen and oxygen atoms in total. The molecule has 1 aromatic carbocycles. The average molecular weight is 415 g/mol. The van der Waals surface area contributed by atoms with Crippen molar-refractivity contribution in [2.45, 2.75) is 19.9 Å². The van der Waals surface area contributed by atoms with Crippen LogP contribution in [0.15, 0.2) is 35.3 Å². The summed E-state index contributed by atoms with van der Waals surface area (Å²) in [6.07, 6.45) is 1.82. The summed E-state index contributed by atoms with van der Waals surface area (Å²) in [6.45, 7) is 2.46. The molecule has 2 aromatic rings. The maximum Gasteiger partial charge on any atom is 0.268 e. The van der Waals surface area contributed by atoms with Crippen LogP contribution in [0.25, 0.3) is 0 Å². The molecule has 0 bridgehead atoms. The number of ketones is 1. The van der Waals surface area contributed by atoms with E-state index < -0.39 is 23.1 Å². The molecule has 30 heavy (non-hydrogen) atoms. The van der Waals surface area contributed by atoms with Gasteiger partial charge in [-0.15, -0.1) is 0 Å². The zero-order chi connectivity index (χ0) is 22.1. The van der Waals surface area contributed by atoms with Crippen molar-refractivity contribution in [1.29, 1.82) is 5.26 Å². The lowest BCUT2D eigenvalue weighted by atomic mass is 10.0. The van der Waals surface area contributed by atoms with Gasteiger partial charge in [0.05, 0.1) is 5.56 Å². The Kier molecular flexibility index (Phi) is 8.26. The Labute approximate surface area is 172 Å². The van der Waals surface area contributed by atoms with Crippen molar-refractivity contribution in [2.24, 2.45) is 0 Å². The molecule has 0 aliphatic heterocycles. The number of nitrogens with zero attached hydrogens (tertiary/aromatic N) is 2. The van der Waals surface area contributed by atoms with Gasteiger partial charge >= 0.3 is 0 Å². The van der Waals surface area contributed by atoms with Gasteiger partial charge in [0, 0.05) is 38.6 Å². The predicted octanol–water partition coefficient (Wildman–Crippen LogP) is 1.64. The number of aromatic nitrogens is 1. The van der Waals surface area contributed by atoms with Gasteiger partial charge < -0.3 is 19.4 Å². The smallest absolute Gasteiger partial charge is 0.268 e. The highest BCUT2D eigenvalue weighted by Crippen LogP contribution is 2.23. The quantitative estimate of drug-likeness (QED) is 0.467. The molecule has 0 aliphatic rings. The fraction of sp³-hybridized carbons (Fsp3) is 0.333. The van der Waals surface area contributed by atoms with Crippen LogP contribution in [0.1, 0.15) is 34.8 Å². The van der Waals surface area contributed by atoms with E-state index in [0.29, 0.717) is 19.6 Å². The summed E-state index contributed by atoms with van der Waals surface area (Å²) >= 11 is 0. The molecule has 1 heterocycles. The summed E-state index contributed by atoms with van der Waals surface area (Å²) in [5.74, 6) is -1.68. The molecule has 0 aliphatic carbocycles. The number of aryl methyl sites for hydroxylation is 1. The highest BCUT2D eigenvalue weighted by Gasteiger charge is 2.19. The summed E-state index contributed by atoms with van der Waals surface area (Å²) in [5, 5.41) is 11.8. The highest BCUT2D eigenvalue weighted by atomic mass is 19.1. The SMILES string of the molecule is CCNC(=O)COc1ccc(F)cc1C(=O)c1cc(C#N)c(=O)n(CCCOC)c1. The number of methoxy groups -OCH3 is 1. The van der Waals surface area contributed by atoms with Gasteiger partial charge in [0.1, 0.15) is 23.2 Å². The Morgan fingerprint density at radius 3 is 2.73 bits per heavy atom. The van der Waals surface area contributed by atoms with Crippen LogP contribution in [-0.2, 0) is 16.1 Å². The molecule has 1 aromatic heterocycles. The first kappa shape index (κ1) is 22.8. The van der Waals surface area contributed by atoms with E-state index in [9.17, 15) is 24.0 Å². The molecule has 2 rings (SSSR count). The molecule has 1 amide bonds. The third-order valence-electron chi connectivity index (χ3n) is 4.14. The molecular weight excluding hydrogens is 393 g/mol. The highest BCUT2D eigenvalue weighted by molar-refractivity contribution is 6.10. The van der Waals surface area contributed by atoms with Gasteiger partial charge in [0.25, 0.3) is 11.5 Å². The molecule has 0 spiro atoms. The Morgan fingerprint density at radius 2 is 2.07 bits per heavy atom. The number of rotatable bonds is 10. The van der Waals surface area contributed by atoms with Crippen molar-refractivity contribution in [3.05, 3.63) is 63.3 Å². The van der Waals surface area contributed by atoms with E-state index in [1.165, 1.54) is 23.9 Å². The average Bonchev–Trinajstić information content (AvgIpc) is 2.73. The lowest BCUT2D eigenvalue weighted by molar-refractivity contribution is -0.122.